The summed E-state index contributed by atoms with van der Waals surface area (Å²) in [6, 6.07) is -2.77. The summed E-state index contributed by atoms with van der Waals surface area (Å²) in [6.07, 6.45) is -3.54. The summed E-state index contributed by atoms with van der Waals surface area (Å²) >= 11 is 0. The van der Waals surface area contributed by atoms with Gasteiger partial charge in [-0.25, -0.2) is 0 Å². The Hall–Kier alpha value is -2.59. The van der Waals surface area contributed by atoms with E-state index in [-0.39, 0.29) is 4.90 Å². The average Bonchev–Trinajstić information content (AvgIpc) is 2.89. The van der Waals surface area contributed by atoms with Gasteiger partial charge in [-0.1, -0.05) is 36.3 Å². The summed E-state index contributed by atoms with van der Waals surface area (Å²) < 4.78 is 142. The van der Waals surface area contributed by atoms with Crippen LogP contribution in [-0.2, 0) is 17.7 Å². The molecule has 1 heterocycles. The van der Waals surface area contributed by atoms with Gasteiger partial charge in [-0.15, -0.1) is 0 Å². The third-order valence-electron chi connectivity index (χ3n) is 3.19. The van der Waals surface area contributed by atoms with Crippen LogP contribution in [0.1, 0.15) is 52.0 Å². The number of aliphatic carboxylic acids is 1. The molecule has 4 nitrogen and oxygen atoms in total. The Balaban J connectivity index is 2.52. The fourth-order valence-corrected chi connectivity index (χ4v) is 2.22. The first-order valence-corrected chi connectivity index (χ1v) is 6.97. The molecule has 130 valence electrons. The number of carbonyl (C=O) groups is 1. The summed E-state index contributed by atoms with van der Waals surface area (Å²) in [5.74, 6) is -2.56. The van der Waals surface area contributed by atoms with Crippen LogP contribution in [0.2, 0.25) is 0 Å². The Labute approximate surface area is 172 Å². The van der Waals surface area contributed by atoms with Crippen molar-refractivity contribution in [1.29, 1.82) is 0 Å². The second-order valence-corrected chi connectivity index (χ2v) is 4.81. The van der Waals surface area contributed by atoms with E-state index in [2.05, 4.69) is 0 Å². The molecule has 0 saturated carbocycles. The molecule has 3 rings (SSSR count). The number of carboxylic acids is 1. The lowest BCUT2D eigenvalue weighted by molar-refractivity contribution is -0.136. The second kappa shape index (κ2) is 7.53. The van der Waals surface area contributed by atoms with E-state index < -0.39 is 110 Å². The minimum Gasteiger partial charge on any atom is -0.488 e. The molecule has 1 aliphatic heterocycles. The molecule has 2 aromatic rings. The number of nitrogens with zero attached hydrogens (tertiary/aromatic N) is 1. The molecule has 0 bridgehead atoms. The first-order chi connectivity index (χ1) is 18.8. The number of carboxylic acid groups (broad SMARTS) is 1. The fourth-order valence-electron chi connectivity index (χ4n) is 2.22. The molecule has 0 amide bonds. The summed E-state index contributed by atoms with van der Waals surface area (Å²) in [5, 5.41) is 9.43. The zero-order chi connectivity index (χ0) is 32.5. The Morgan fingerprint density at radius 2 is 2.28 bits per heavy atom. The van der Waals surface area contributed by atoms with Gasteiger partial charge in [0.25, 0.3) is 0 Å². The van der Waals surface area contributed by atoms with Gasteiger partial charge in [0.1, 0.15) is 12.3 Å². The number of benzene rings is 2. The van der Waals surface area contributed by atoms with Crippen LogP contribution in [0.4, 0.5) is 0 Å². The van der Waals surface area contributed by atoms with Gasteiger partial charge < -0.3 is 14.7 Å². The lowest BCUT2D eigenvalue weighted by atomic mass is 9.92. The Morgan fingerprint density at radius 3 is 3.08 bits per heavy atom. The number of rotatable bonds is 5. The van der Waals surface area contributed by atoms with E-state index in [0.717, 1.165) is 18.2 Å². The molecular weight excluding hydrogens is 314 g/mol. The van der Waals surface area contributed by atoms with Gasteiger partial charge in [-0.05, 0) is 54.7 Å². The molecule has 0 saturated heterocycles. The molecule has 25 heavy (non-hydrogen) atoms. The summed E-state index contributed by atoms with van der Waals surface area (Å²) in [6.45, 7) is -13.3. The Bertz CT molecular complexity index is 1460. The van der Waals surface area contributed by atoms with Crippen molar-refractivity contribution in [2.24, 2.45) is 0 Å². The molecule has 2 aromatic carbocycles. The van der Waals surface area contributed by atoms with Gasteiger partial charge in [0.05, 0.1) is 16.0 Å². The monoisotopic (exact) mass is 354 g/mol. The second-order valence-electron chi connectivity index (χ2n) is 4.81. The van der Waals surface area contributed by atoms with Gasteiger partial charge in [0, 0.05) is 25.8 Å². The fraction of sp³-hybridized carbons (Fsp3) is 0.286. The molecule has 1 aliphatic rings. The van der Waals surface area contributed by atoms with Gasteiger partial charge in [0.2, 0.25) is 0 Å². The SMILES string of the molecule is [2H]c1c([2H])c([2H])c2c(c1[2H])/C(=C\CC([2H])([2H])N(C([2H])([2H])[2H])C([2H])([2H])[2H])c1c(ccc(C([2H])([2H])C(=O)O)c1[2H])OC2([2H])[2H]. The third kappa shape index (κ3) is 4.09. The van der Waals surface area contributed by atoms with Crippen LogP contribution in [0.5, 0.6) is 5.75 Å². The van der Waals surface area contributed by atoms with E-state index in [4.69, 9.17) is 28.0 Å². The summed E-state index contributed by atoms with van der Waals surface area (Å²) in [4.78, 5) is 11.3. The molecule has 0 unspecified atom stereocenters. The van der Waals surface area contributed by atoms with Gasteiger partial charge in [-0.2, -0.15) is 0 Å². The Morgan fingerprint density at radius 1 is 1.44 bits per heavy atom. The van der Waals surface area contributed by atoms with Crippen molar-refractivity contribution in [3.63, 3.8) is 0 Å². The van der Waals surface area contributed by atoms with Crippen LogP contribution in [0.15, 0.2) is 48.4 Å². The van der Waals surface area contributed by atoms with Crippen LogP contribution >= 0.6 is 0 Å². The highest BCUT2D eigenvalue weighted by Gasteiger charge is 2.19. The highest BCUT2D eigenvalue weighted by molar-refractivity contribution is 5.85. The smallest absolute Gasteiger partial charge is 0.307 e. The molecule has 0 aromatic heterocycles. The maximum Gasteiger partial charge on any atom is 0.307 e. The van der Waals surface area contributed by atoms with Crippen molar-refractivity contribution in [1.82, 2.24) is 4.90 Å². The van der Waals surface area contributed by atoms with E-state index in [9.17, 15) is 9.90 Å². The maximum absolute atomic E-state index is 11.7. The van der Waals surface area contributed by atoms with Crippen LogP contribution in [0.3, 0.4) is 0 Å². The maximum atomic E-state index is 11.7. The largest absolute Gasteiger partial charge is 0.488 e. The number of hydrogen-bond donors (Lipinski definition) is 1. The average molecular weight is 355 g/mol. The quantitative estimate of drug-likeness (QED) is 0.891. The Kier molecular flexibility index (Phi) is 1.80. The van der Waals surface area contributed by atoms with E-state index in [1.807, 2.05) is 0 Å². The number of fused-ring (bicyclic) bond motifs is 2. The van der Waals surface area contributed by atoms with Crippen molar-refractivity contribution in [3.05, 3.63) is 70.7 Å². The number of ether oxygens (including phenoxy) is 1. The summed E-state index contributed by atoms with van der Waals surface area (Å²) in [5.41, 5.74) is -3.42. The topological polar surface area (TPSA) is 49.8 Å². The van der Waals surface area contributed by atoms with Crippen molar-refractivity contribution in [3.8, 4) is 5.75 Å². The highest BCUT2D eigenvalue weighted by atomic mass is 16.5. The molecule has 0 aliphatic carbocycles. The first kappa shape index (κ1) is 5.99. The molecule has 0 spiro atoms. The lowest BCUT2D eigenvalue weighted by Crippen LogP contribution is -2.12. The van der Waals surface area contributed by atoms with Gasteiger partial charge in [-0.3, -0.25) is 4.79 Å². The van der Waals surface area contributed by atoms with E-state index in [0.29, 0.717) is 0 Å². The minimum atomic E-state index is -3.50. The first-order valence-electron chi connectivity index (χ1n) is 15.5. The molecule has 4 heteroatoms. The van der Waals surface area contributed by atoms with Crippen molar-refractivity contribution < 1.29 is 37.9 Å². The van der Waals surface area contributed by atoms with Gasteiger partial charge in [0.15, 0.2) is 0 Å². The molecule has 1 N–H and O–H groups in total. The normalized spacial score (nSPS) is 28.7. The van der Waals surface area contributed by atoms with Crippen LogP contribution in [0.25, 0.3) is 5.57 Å². The minimum absolute atomic E-state index is 0.375. The predicted octanol–water partition coefficient (Wildman–Crippen LogP) is 3.59. The predicted molar refractivity (Wildman–Crippen MR) is 98.8 cm³/mol. The van der Waals surface area contributed by atoms with Crippen LogP contribution < -0.4 is 4.74 Å². The third-order valence-corrected chi connectivity index (χ3v) is 3.19. The molecule has 0 fully saturated rings. The van der Waals surface area contributed by atoms with Crippen molar-refractivity contribution >= 4 is 11.5 Å². The van der Waals surface area contributed by atoms with E-state index in [1.54, 1.807) is 0 Å². The van der Waals surface area contributed by atoms with E-state index >= 15 is 0 Å². The lowest BCUT2D eigenvalue weighted by Gasteiger charge is -2.13. The van der Waals surface area contributed by atoms with Crippen molar-refractivity contribution in [2.45, 2.75) is 19.4 Å². The van der Waals surface area contributed by atoms with Crippen LogP contribution in [0, 0.1) is 0 Å². The van der Waals surface area contributed by atoms with Crippen LogP contribution in [-0.4, -0.2) is 36.4 Å². The molecule has 0 atom stereocenters. The highest BCUT2D eigenvalue weighted by Crippen LogP contribution is 2.37. The number of hydrogen-bond acceptors (Lipinski definition) is 3. The zero-order valence-corrected chi connectivity index (χ0v) is 12.7. The van der Waals surface area contributed by atoms with Gasteiger partial charge >= 0.3 is 5.97 Å². The van der Waals surface area contributed by atoms with E-state index in [1.165, 1.54) is 0 Å². The molecular formula is C21H23NO3. The summed E-state index contributed by atoms with van der Waals surface area (Å²) in [7, 11) is 0. The zero-order valence-electron chi connectivity index (χ0n) is 29.7. The molecule has 0 radical (unpaired) electrons. The standard InChI is InChI=1S/C21H23NO3/c1-22(2)11-5-8-18-17-7-4-3-6-16(17)14-25-20-10-9-15(12-19(18)20)13-21(23)24/h3-4,6-10,12H,5,11,13-14H2,1-2H3,(H,23,24)/b18-8+/i1D3,2D3,3D,4D,6D,7D,11D2,12D,13D2,14D2. The van der Waals surface area contributed by atoms with Crippen molar-refractivity contribution in [2.75, 3.05) is 20.4 Å².